The predicted molar refractivity (Wildman–Crippen MR) is 169 cm³/mol. The largest absolute Gasteiger partial charge is 0.495 e. The molecule has 3 aromatic carbocycles. The quantitative estimate of drug-likeness (QED) is 0.183. The maximum Gasteiger partial charge on any atom is 0.273 e. The van der Waals surface area contributed by atoms with E-state index in [9.17, 15) is 28.1 Å². The summed E-state index contributed by atoms with van der Waals surface area (Å²) >= 11 is 6.27. The Morgan fingerprint density at radius 2 is 1.75 bits per heavy atom. The number of halogens is 1. The van der Waals surface area contributed by atoms with Crippen LogP contribution in [-0.2, 0) is 26.2 Å². The Morgan fingerprint density at radius 1 is 1.05 bits per heavy atom. The predicted octanol–water partition coefficient (Wildman–Crippen LogP) is 5.40. The third-order valence-electron chi connectivity index (χ3n) is 7.19. The Bertz CT molecular complexity index is 1630. The molecular weight excluding hydrogens is 608 g/mol. The molecule has 2 amide bonds. The van der Waals surface area contributed by atoms with Crippen LogP contribution in [0.3, 0.4) is 0 Å². The molecule has 0 aliphatic heterocycles. The topological polar surface area (TPSA) is 139 Å². The van der Waals surface area contributed by atoms with Gasteiger partial charge in [-0.1, -0.05) is 55.8 Å². The zero-order chi connectivity index (χ0) is 32.6. The summed E-state index contributed by atoms with van der Waals surface area (Å²) in [6, 6.07) is 14.3. The number of nitrogens with zero attached hydrogens (tertiary/aromatic N) is 3. The standard InChI is InChI=1S/C31H37ClN4O7S/c1-6-16-33-31(38)26(7-2)34(19-23-11-9-8-10-21(23)3)30(37)20-35(28-17-24(32)13-15-29(28)43-5)44(41,42)25-14-12-22(4)27(18-25)36(39)40/h8-15,17-18,26H,6-7,16,19-20H2,1-5H3,(H,33,38). The van der Waals surface area contributed by atoms with Crippen LogP contribution in [0.25, 0.3) is 0 Å². The zero-order valence-corrected chi connectivity index (χ0v) is 26.9. The maximum atomic E-state index is 14.3. The van der Waals surface area contributed by atoms with E-state index in [0.717, 1.165) is 21.5 Å². The molecule has 0 bridgehead atoms. The number of ether oxygens (including phenoxy) is 1. The summed E-state index contributed by atoms with van der Waals surface area (Å²) in [7, 11) is -3.27. The van der Waals surface area contributed by atoms with Crippen molar-refractivity contribution >= 4 is 44.8 Å². The summed E-state index contributed by atoms with van der Waals surface area (Å²) in [4.78, 5) is 39.5. The van der Waals surface area contributed by atoms with Crippen LogP contribution < -0.4 is 14.4 Å². The lowest BCUT2D eigenvalue weighted by atomic mass is 10.1. The summed E-state index contributed by atoms with van der Waals surface area (Å²) in [5, 5.41) is 14.7. The minimum atomic E-state index is -4.61. The van der Waals surface area contributed by atoms with E-state index >= 15 is 0 Å². The van der Waals surface area contributed by atoms with E-state index in [1.165, 1.54) is 49.3 Å². The highest BCUT2D eigenvalue weighted by Crippen LogP contribution is 2.36. The van der Waals surface area contributed by atoms with E-state index in [-0.39, 0.29) is 40.9 Å². The van der Waals surface area contributed by atoms with Crippen molar-refractivity contribution < 1.29 is 27.7 Å². The van der Waals surface area contributed by atoms with Crippen LogP contribution in [0.15, 0.2) is 65.6 Å². The molecule has 0 fully saturated rings. The molecule has 44 heavy (non-hydrogen) atoms. The number of anilines is 1. The van der Waals surface area contributed by atoms with E-state index in [0.29, 0.717) is 13.0 Å². The van der Waals surface area contributed by atoms with Crippen molar-refractivity contribution in [2.45, 2.75) is 58.0 Å². The van der Waals surface area contributed by atoms with Crippen molar-refractivity contribution in [1.82, 2.24) is 10.2 Å². The summed E-state index contributed by atoms with van der Waals surface area (Å²) in [5.74, 6) is -0.926. The number of nitro benzene ring substituents is 1. The lowest BCUT2D eigenvalue weighted by Crippen LogP contribution is -2.52. The molecule has 0 aliphatic carbocycles. The first-order chi connectivity index (χ1) is 20.8. The Labute approximate surface area is 263 Å². The number of nitro groups is 1. The number of aryl methyl sites for hydroxylation is 2. The van der Waals surface area contributed by atoms with Gasteiger partial charge in [0.15, 0.2) is 0 Å². The van der Waals surface area contributed by atoms with Crippen LogP contribution in [0, 0.1) is 24.0 Å². The van der Waals surface area contributed by atoms with E-state index in [1.807, 2.05) is 38.1 Å². The summed E-state index contributed by atoms with van der Waals surface area (Å²) < 4.78 is 34.7. The Kier molecular flexibility index (Phi) is 11.7. The molecule has 0 aromatic heterocycles. The first-order valence-corrected chi connectivity index (χ1v) is 15.9. The number of sulfonamides is 1. The maximum absolute atomic E-state index is 14.3. The van der Waals surface area contributed by atoms with Crippen LogP contribution >= 0.6 is 11.6 Å². The van der Waals surface area contributed by atoms with Crippen molar-refractivity contribution in [3.05, 3.63) is 92.5 Å². The molecule has 0 heterocycles. The molecule has 0 saturated heterocycles. The second-order valence-electron chi connectivity index (χ2n) is 10.2. The van der Waals surface area contributed by atoms with Crippen LogP contribution in [0.4, 0.5) is 11.4 Å². The molecule has 1 N–H and O–H groups in total. The number of methoxy groups -OCH3 is 1. The molecule has 3 aromatic rings. The highest BCUT2D eigenvalue weighted by Gasteiger charge is 2.35. The number of carbonyl (C=O) groups is 2. The molecule has 13 heteroatoms. The second-order valence-corrected chi connectivity index (χ2v) is 12.5. The monoisotopic (exact) mass is 644 g/mol. The zero-order valence-electron chi connectivity index (χ0n) is 25.4. The fourth-order valence-corrected chi connectivity index (χ4v) is 6.30. The molecule has 0 saturated carbocycles. The smallest absolute Gasteiger partial charge is 0.273 e. The second kappa shape index (κ2) is 15.0. The highest BCUT2D eigenvalue weighted by molar-refractivity contribution is 7.92. The van der Waals surface area contributed by atoms with E-state index < -0.39 is 44.0 Å². The molecule has 3 rings (SSSR count). The SMILES string of the molecule is CCCNC(=O)C(CC)N(Cc1ccccc1C)C(=O)CN(c1cc(Cl)ccc1OC)S(=O)(=O)c1ccc(C)c([N+](=O)[O-])c1. The van der Waals surface area contributed by atoms with Gasteiger partial charge >= 0.3 is 0 Å². The van der Waals surface area contributed by atoms with Gasteiger partial charge in [-0.05, 0) is 62.1 Å². The fraction of sp³-hybridized carbons (Fsp3) is 0.355. The number of amides is 2. The molecule has 236 valence electrons. The molecule has 0 aliphatic rings. The number of hydrogen-bond donors (Lipinski definition) is 1. The fourth-order valence-electron chi connectivity index (χ4n) is 4.70. The molecule has 1 unspecified atom stereocenters. The van der Waals surface area contributed by atoms with Crippen molar-refractivity contribution in [3.63, 3.8) is 0 Å². The van der Waals surface area contributed by atoms with Gasteiger partial charge in [0.2, 0.25) is 11.8 Å². The number of nitrogens with one attached hydrogen (secondary N) is 1. The van der Waals surface area contributed by atoms with Gasteiger partial charge in [-0.3, -0.25) is 24.0 Å². The molecule has 1 atom stereocenters. The van der Waals surface area contributed by atoms with Gasteiger partial charge in [0.1, 0.15) is 18.3 Å². The Hall–Kier alpha value is -4.16. The van der Waals surface area contributed by atoms with Gasteiger partial charge in [0.25, 0.3) is 15.7 Å². The number of benzene rings is 3. The van der Waals surface area contributed by atoms with Crippen molar-refractivity contribution in [3.8, 4) is 5.75 Å². The number of carbonyl (C=O) groups excluding carboxylic acids is 2. The normalized spacial score (nSPS) is 11.9. The molecular formula is C31H37ClN4O7S. The van der Waals surface area contributed by atoms with E-state index in [1.54, 1.807) is 6.92 Å². The van der Waals surface area contributed by atoms with Crippen LogP contribution in [0.1, 0.15) is 43.4 Å². The summed E-state index contributed by atoms with van der Waals surface area (Å²) in [6.45, 7) is 6.77. The van der Waals surface area contributed by atoms with Crippen molar-refractivity contribution in [2.75, 3.05) is 24.5 Å². The minimum Gasteiger partial charge on any atom is -0.495 e. The van der Waals surface area contributed by atoms with Gasteiger partial charge in [0, 0.05) is 29.7 Å². The molecule has 0 radical (unpaired) electrons. The Morgan fingerprint density at radius 3 is 2.36 bits per heavy atom. The Balaban J connectivity index is 2.19. The number of hydrogen-bond acceptors (Lipinski definition) is 7. The van der Waals surface area contributed by atoms with Crippen LogP contribution in [0.2, 0.25) is 5.02 Å². The van der Waals surface area contributed by atoms with Crippen LogP contribution in [0.5, 0.6) is 5.75 Å². The van der Waals surface area contributed by atoms with Gasteiger partial charge in [-0.15, -0.1) is 0 Å². The van der Waals surface area contributed by atoms with Gasteiger partial charge in [0.05, 0.1) is 22.6 Å². The first kappa shape index (κ1) is 34.3. The van der Waals surface area contributed by atoms with E-state index in [4.69, 9.17) is 16.3 Å². The van der Waals surface area contributed by atoms with Crippen molar-refractivity contribution in [1.29, 1.82) is 0 Å². The third kappa shape index (κ3) is 7.86. The summed E-state index contributed by atoms with van der Waals surface area (Å²) in [5.41, 5.74) is 1.50. The lowest BCUT2D eigenvalue weighted by molar-refractivity contribution is -0.385. The highest BCUT2D eigenvalue weighted by atomic mass is 35.5. The summed E-state index contributed by atoms with van der Waals surface area (Å²) in [6.07, 6.45) is 0.960. The van der Waals surface area contributed by atoms with Gasteiger partial charge in [-0.25, -0.2) is 8.42 Å². The molecule has 0 spiro atoms. The third-order valence-corrected chi connectivity index (χ3v) is 9.18. The van der Waals surface area contributed by atoms with Crippen molar-refractivity contribution in [2.24, 2.45) is 0 Å². The average Bonchev–Trinajstić information content (AvgIpc) is 2.99. The average molecular weight is 645 g/mol. The lowest BCUT2D eigenvalue weighted by Gasteiger charge is -2.33. The number of rotatable bonds is 14. The first-order valence-electron chi connectivity index (χ1n) is 14.1. The van der Waals surface area contributed by atoms with E-state index in [2.05, 4.69) is 5.32 Å². The van der Waals surface area contributed by atoms with Gasteiger partial charge in [-0.2, -0.15) is 0 Å². The minimum absolute atomic E-state index is 0.0418. The van der Waals surface area contributed by atoms with Crippen LogP contribution in [-0.4, -0.2) is 56.3 Å². The molecule has 11 nitrogen and oxygen atoms in total. The van der Waals surface area contributed by atoms with Gasteiger partial charge < -0.3 is 15.0 Å².